The number of aromatic nitrogens is 1. The Morgan fingerprint density at radius 1 is 1.20 bits per heavy atom. The van der Waals surface area contributed by atoms with Crippen LogP contribution in [-0.2, 0) is 4.79 Å². The van der Waals surface area contributed by atoms with E-state index in [1.165, 1.54) is 11.8 Å². The lowest BCUT2D eigenvalue weighted by molar-refractivity contribution is -0.115. The van der Waals surface area contributed by atoms with Crippen molar-refractivity contribution < 1.29 is 13.9 Å². The number of benzene rings is 2. The zero-order valence-electron chi connectivity index (χ0n) is 14.2. The van der Waals surface area contributed by atoms with Crippen molar-refractivity contribution in [3.8, 4) is 5.75 Å². The fourth-order valence-corrected chi connectivity index (χ4v) is 3.23. The van der Waals surface area contributed by atoms with Crippen LogP contribution < -0.4 is 10.1 Å². The highest BCUT2D eigenvalue weighted by Crippen LogP contribution is 2.29. The van der Waals surface area contributed by atoms with Crippen molar-refractivity contribution in [3.63, 3.8) is 0 Å². The van der Waals surface area contributed by atoms with Crippen LogP contribution in [0.2, 0.25) is 0 Å². The molecule has 0 saturated carbocycles. The molecule has 1 heterocycles. The molecule has 0 radical (unpaired) electrons. The van der Waals surface area contributed by atoms with Gasteiger partial charge in [-0.1, -0.05) is 30.8 Å². The third-order valence-electron chi connectivity index (χ3n) is 3.61. The van der Waals surface area contributed by atoms with Crippen LogP contribution in [0.1, 0.15) is 20.3 Å². The average molecular weight is 356 g/mol. The Labute approximate surface area is 150 Å². The number of hydrogen-bond acceptors (Lipinski definition) is 5. The summed E-state index contributed by atoms with van der Waals surface area (Å²) in [6.45, 7) is 4.52. The van der Waals surface area contributed by atoms with Crippen molar-refractivity contribution in [3.05, 3.63) is 48.5 Å². The number of para-hydroxylation sites is 2. The Morgan fingerprint density at radius 3 is 2.64 bits per heavy atom. The number of carbonyl (C=O) groups excluding carboxylic acids is 1. The summed E-state index contributed by atoms with van der Waals surface area (Å²) in [7, 11) is 0. The molecule has 25 heavy (non-hydrogen) atoms. The molecule has 2 aromatic carbocycles. The fourth-order valence-electron chi connectivity index (χ4n) is 2.37. The molecule has 0 spiro atoms. The first-order valence-corrected chi connectivity index (χ1v) is 9.13. The molecule has 3 rings (SSSR count). The number of ether oxygens (including phenoxy) is 1. The van der Waals surface area contributed by atoms with Crippen molar-refractivity contribution in [2.24, 2.45) is 0 Å². The molecule has 1 unspecified atom stereocenters. The highest BCUT2D eigenvalue weighted by Gasteiger charge is 2.21. The van der Waals surface area contributed by atoms with E-state index in [-0.39, 0.29) is 11.2 Å². The molecule has 1 aromatic heterocycles. The highest BCUT2D eigenvalue weighted by molar-refractivity contribution is 8.00. The molecule has 5 nitrogen and oxygen atoms in total. The minimum Gasteiger partial charge on any atom is -0.494 e. The lowest BCUT2D eigenvalue weighted by atomic mass is 10.2. The van der Waals surface area contributed by atoms with E-state index in [0.717, 1.165) is 22.5 Å². The molecule has 1 N–H and O–H groups in total. The molecule has 3 aromatic rings. The lowest BCUT2D eigenvalue weighted by Crippen LogP contribution is -2.24. The van der Waals surface area contributed by atoms with Crippen LogP contribution in [0.4, 0.5) is 5.69 Å². The fraction of sp³-hybridized carbons (Fsp3) is 0.263. The summed E-state index contributed by atoms with van der Waals surface area (Å²) in [5, 5.41) is 3.16. The maximum absolute atomic E-state index is 12.5. The molecule has 6 heteroatoms. The number of fused-ring (bicyclic) bond motifs is 1. The van der Waals surface area contributed by atoms with Crippen LogP contribution in [0.5, 0.6) is 5.75 Å². The second-order valence-corrected chi connectivity index (χ2v) is 6.56. The quantitative estimate of drug-likeness (QED) is 0.620. The van der Waals surface area contributed by atoms with Crippen LogP contribution in [0, 0.1) is 0 Å². The Hall–Kier alpha value is -2.47. The van der Waals surface area contributed by atoms with E-state index in [2.05, 4.69) is 10.3 Å². The van der Waals surface area contributed by atoms with Crippen LogP contribution in [0.3, 0.4) is 0 Å². The van der Waals surface area contributed by atoms with Gasteiger partial charge in [-0.25, -0.2) is 4.98 Å². The first-order valence-electron chi connectivity index (χ1n) is 8.25. The van der Waals surface area contributed by atoms with Crippen molar-refractivity contribution >= 4 is 34.5 Å². The van der Waals surface area contributed by atoms with Crippen LogP contribution in [-0.4, -0.2) is 22.7 Å². The van der Waals surface area contributed by atoms with E-state index in [1.54, 1.807) is 0 Å². The van der Waals surface area contributed by atoms with E-state index in [1.807, 2.05) is 62.4 Å². The average Bonchev–Trinajstić information content (AvgIpc) is 3.04. The molecule has 1 amide bonds. The number of oxazole rings is 1. The third kappa shape index (κ3) is 4.33. The largest absolute Gasteiger partial charge is 0.494 e. The van der Waals surface area contributed by atoms with E-state index in [4.69, 9.17) is 9.15 Å². The van der Waals surface area contributed by atoms with Gasteiger partial charge < -0.3 is 14.5 Å². The summed E-state index contributed by atoms with van der Waals surface area (Å²) in [4.78, 5) is 17.0. The SMILES string of the molecule is CCOc1ccc(NC(=O)C(CC)Sc2nc3ccccc3o2)cc1. The van der Waals surface area contributed by atoms with Crippen LogP contribution >= 0.6 is 11.8 Å². The van der Waals surface area contributed by atoms with Gasteiger partial charge in [0.05, 0.1) is 11.9 Å². The Kier molecular flexibility index (Phi) is 5.60. The monoisotopic (exact) mass is 356 g/mol. The number of thioether (sulfide) groups is 1. The van der Waals surface area contributed by atoms with Gasteiger partial charge in [0.2, 0.25) is 5.91 Å². The summed E-state index contributed by atoms with van der Waals surface area (Å²) >= 11 is 1.34. The molecule has 0 aliphatic heterocycles. The zero-order chi connectivity index (χ0) is 17.6. The minimum absolute atomic E-state index is 0.0704. The summed E-state index contributed by atoms with van der Waals surface area (Å²) in [5.74, 6) is 0.715. The van der Waals surface area contributed by atoms with Gasteiger partial charge in [0.15, 0.2) is 5.58 Å². The predicted octanol–water partition coefficient (Wildman–Crippen LogP) is 4.74. The van der Waals surface area contributed by atoms with Crippen LogP contribution in [0.15, 0.2) is 58.2 Å². The molecule has 0 bridgehead atoms. The number of amides is 1. The number of hydrogen-bond donors (Lipinski definition) is 1. The highest BCUT2D eigenvalue weighted by atomic mass is 32.2. The number of anilines is 1. The van der Waals surface area contributed by atoms with E-state index in [9.17, 15) is 4.79 Å². The second kappa shape index (κ2) is 8.07. The summed E-state index contributed by atoms with van der Waals surface area (Å²) in [5.41, 5.74) is 2.27. The molecule has 0 fully saturated rings. The van der Waals surface area contributed by atoms with Gasteiger partial charge in [-0.2, -0.15) is 0 Å². The third-order valence-corrected chi connectivity index (χ3v) is 4.82. The normalized spacial score (nSPS) is 12.1. The van der Waals surface area contributed by atoms with Crippen LogP contribution in [0.25, 0.3) is 11.1 Å². The lowest BCUT2D eigenvalue weighted by Gasteiger charge is -2.13. The van der Waals surface area contributed by atoms with Gasteiger partial charge >= 0.3 is 0 Å². The van der Waals surface area contributed by atoms with Gasteiger partial charge in [-0.3, -0.25) is 4.79 Å². The molecule has 130 valence electrons. The molecule has 0 saturated heterocycles. The Balaban J connectivity index is 1.66. The van der Waals surface area contributed by atoms with Crippen molar-refractivity contribution in [2.75, 3.05) is 11.9 Å². The Morgan fingerprint density at radius 2 is 1.96 bits per heavy atom. The van der Waals surface area contributed by atoms with Gasteiger partial charge in [0.1, 0.15) is 11.3 Å². The van der Waals surface area contributed by atoms with E-state index in [0.29, 0.717) is 18.3 Å². The van der Waals surface area contributed by atoms with Gasteiger partial charge in [0, 0.05) is 5.69 Å². The number of nitrogens with one attached hydrogen (secondary N) is 1. The molecule has 1 atom stereocenters. The molecular weight excluding hydrogens is 336 g/mol. The zero-order valence-corrected chi connectivity index (χ0v) is 15.0. The Bertz CT molecular complexity index is 812. The first kappa shape index (κ1) is 17.4. The summed E-state index contributed by atoms with van der Waals surface area (Å²) in [6.07, 6.45) is 0.673. The second-order valence-electron chi connectivity index (χ2n) is 5.41. The standard InChI is InChI=1S/C19H20N2O3S/c1-3-17(25-19-21-15-7-5-6-8-16(15)24-19)18(22)20-13-9-11-14(12-10-13)23-4-2/h5-12,17H,3-4H2,1-2H3,(H,20,22). The van der Waals surface area contributed by atoms with E-state index >= 15 is 0 Å². The molecular formula is C19H20N2O3S. The van der Waals surface area contributed by atoms with E-state index < -0.39 is 0 Å². The predicted molar refractivity (Wildman–Crippen MR) is 100 cm³/mol. The number of nitrogens with zero attached hydrogens (tertiary/aromatic N) is 1. The minimum atomic E-state index is -0.278. The maximum atomic E-state index is 12.5. The number of rotatable bonds is 7. The van der Waals surface area contributed by atoms with Crippen molar-refractivity contribution in [1.29, 1.82) is 0 Å². The molecule has 0 aliphatic rings. The number of carbonyl (C=O) groups is 1. The summed E-state index contributed by atoms with van der Waals surface area (Å²) < 4.78 is 11.1. The summed E-state index contributed by atoms with van der Waals surface area (Å²) in [6, 6.07) is 14.9. The smallest absolute Gasteiger partial charge is 0.257 e. The topological polar surface area (TPSA) is 64.4 Å². The first-order chi connectivity index (χ1) is 12.2. The molecule has 0 aliphatic carbocycles. The van der Waals surface area contributed by atoms with Crippen molar-refractivity contribution in [1.82, 2.24) is 4.98 Å². The maximum Gasteiger partial charge on any atom is 0.257 e. The van der Waals surface area contributed by atoms with Gasteiger partial charge in [-0.15, -0.1) is 0 Å². The van der Waals surface area contributed by atoms with Gasteiger partial charge in [0.25, 0.3) is 5.22 Å². The van der Waals surface area contributed by atoms with Crippen molar-refractivity contribution in [2.45, 2.75) is 30.7 Å². The van der Waals surface area contributed by atoms with Gasteiger partial charge in [-0.05, 0) is 49.7 Å².